The molecule has 5 aromatic carbocycles. The molecule has 2 nitrogen and oxygen atoms in total. The molecule has 55 heavy (non-hydrogen) atoms. The Balaban J connectivity index is 1.12. The quantitative estimate of drug-likeness (QED) is 0.153. The van der Waals surface area contributed by atoms with Gasteiger partial charge in [-0.1, -0.05) is 133 Å². The average Bonchev–Trinajstić information content (AvgIpc) is 4.09. The fourth-order valence-electron chi connectivity index (χ4n) is 7.34. The van der Waals surface area contributed by atoms with Crippen molar-refractivity contribution in [3.05, 3.63) is 167 Å². The van der Waals surface area contributed by atoms with Crippen LogP contribution in [0.3, 0.4) is 0 Å². The predicted molar refractivity (Wildman–Crippen MR) is 242 cm³/mol. The summed E-state index contributed by atoms with van der Waals surface area (Å²) in [4.78, 5) is 10.2. The summed E-state index contributed by atoms with van der Waals surface area (Å²) in [5.74, 6) is 0. The minimum absolute atomic E-state index is 0.952. The molecule has 0 saturated heterocycles. The Labute approximate surface area is 340 Å². The lowest BCUT2D eigenvalue weighted by Crippen LogP contribution is -1.86. The smallest absolute Gasteiger partial charge is 0.114 e. The number of thiophene rings is 4. The van der Waals surface area contributed by atoms with E-state index >= 15 is 0 Å². The molecule has 0 amide bonds. The highest BCUT2D eigenvalue weighted by Gasteiger charge is 2.24. The van der Waals surface area contributed by atoms with Gasteiger partial charge in [-0.2, -0.15) is 8.75 Å². The van der Waals surface area contributed by atoms with Crippen molar-refractivity contribution < 1.29 is 0 Å². The van der Waals surface area contributed by atoms with Gasteiger partial charge in [0.15, 0.2) is 0 Å². The molecule has 0 unspecified atom stereocenters. The van der Waals surface area contributed by atoms with E-state index in [-0.39, 0.29) is 0 Å². The van der Waals surface area contributed by atoms with Crippen molar-refractivity contribution >= 4 is 68.1 Å². The zero-order chi connectivity index (χ0) is 36.9. The number of nitrogens with zero attached hydrogens (tertiary/aromatic N) is 2. The van der Waals surface area contributed by atoms with Crippen LogP contribution in [0.4, 0.5) is 0 Å². The van der Waals surface area contributed by atoms with Crippen LogP contribution in [0.15, 0.2) is 158 Å². The fourth-order valence-corrected chi connectivity index (χ4v) is 12.6. The zero-order valence-electron chi connectivity index (χ0n) is 29.9. The number of benzene rings is 5. The van der Waals surface area contributed by atoms with Gasteiger partial charge in [0.25, 0.3) is 0 Å². The van der Waals surface area contributed by atoms with E-state index in [0.717, 1.165) is 22.2 Å². The second kappa shape index (κ2) is 14.4. The average molecular weight is 797 g/mol. The van der Waals surface area contributed by atoms with Gasteiger partial charge in [-0.05, 0) is 71.5 Å². The summed E-state index contributed by atoms with van der Waals surface area (Å²) in [6, 6.07) is 57.0. The molecule has 0 N–H and O–H groups in total. The van der Waals surface area contributed by atoms with E-state index in [0.29, 0.717) is 0 Å². The molecule has 10 aromatic rings. The molecule has 0 radical (unpaired) electrons. The van der Waals surface area contributed by atoms with Gasteiger partial charge in [-0.25, -0.2) is 0 Å². The summed E-state index contributed by atoms with van der Waals surface area (Å²) in [7, 11) is 0. The predicted octanol–water partition coefficient (Wildman–Crippen LogP) is 15.9. The lowest BCUT2D eigenvalue weighted by molar-refractivity contribution is 1.58. The molecule has 0 aliphatic carbocycles. The molecule has 7 heteroatoms. The van der Waals surface area contributed by atoms with Crippen LogP contribution >= 0.6 is 57.1 Å². The van der Waals surface area contributed by atoms with Crippen LogP contribution in [0.1, 0.15) is 9.75 Å². The second-order valence-electron chi connectivity index (χ2n) is 13.5. The number of hydrogen-bond acceptors (Lipinski definition) is 7. The van der Waals surface area contributed by atoms with Crippen molar-refractivity contribution in [3.8, 4) is 84.9 Å². The molecular formula is C48H32N2S5. The van der Waals surface area contributed by atoms with Gasteiger partial charge < -0.3 is 0 Å². The van der Waals surface area contributed by atoms with Crippen molar-refractivity contribution in [2.45, 2.75) is 13.8 Å². The Kier molecular flexibility index (Phi) is 8.97. The molecule has 5 heterocycles. The minimum Gasteiger partial charge on any atom is -0.172 e. The highest BCUT2D eigenvalue weighted by molar-refractivity contribution is 7.25. The summed E-state index contributed by atoms with van der Waals surface area (Å²) in [6.45, 7) is 4.46. The summed E-state index contributed by atoms with van der Waals surface area (Å²) in [5, 5.41) is 0. The standard InChI is InChI=1S/C48H32N2S5/c1-29-37(31-15-7-3-8-16-31)25-41(51-29)43-27-39(33-19-11-5-12-20-33)47(53-43)35-23-24-36(46-45(35)49-55-50-46)48-40(34-21-13-6-14-22-34)28-44(54-48)42-26-38(30(2)52-42)32-17-9-4-10-18-32/h3-28H,1-2H3. The fraction of sp³-hybridized carbons (Fsp3) is 0.0417. The zero-order valence-corrected chi connectivity index (χ0v) is 34.0. The van der Waals surface area contributed by atoms with E-state index in [9.17, 15) is 0 Å². The van der Waals surface area contributed by atoms with Gasteiger partial charge in [0.1, 0.15) is 11.0 Å². The van der Waals surface area contributed by atoms with Crippen LogP contribution in [0.2, 0.25) is 0 Å². The van der Waals surface area contributed by atoms with E-state index in [4.69, 9.17) is 8.75 Å². The number of rotatable bonds is 8. The van der Waals surface area contributed by atoms with Crippen molar-refractivity contribution in [1.82, 2.24) is 8.75 Å². The lowest BCUT2D eigenvalue weighted by Gasteiger charge is -2.09. The Bertz CT molecular complexity index is 2730. The lowest BCUT2D eigenvalue weighted by atomic mass is 9.97. The first-order valence-corrected chi connectivity index (χ1v) is 22.1. The Morgan fingerprint density at radius 1 is 0.327 bits per heavy atom. The first-order chi connectivity index (χ1) is 27.1. The minimum atomic E-state index is 0.952. The van der Waals surface area contributed by atoms with E-state index in [1.165, 1.54) is 95.3 Å². The summed E-state index contributed by atoms with van der Waals surface area (Å²) in [5.41, 5.74) is 14.1. The highest BCUT2D eigenvalue weighted by atomic mass is 32.1. The third kappa shape index (κ3) is 6.32. The monoisotopic (exact) mass is 796 g/mol. The normalized spacial score (nSPS) is 11.5. The molecule has 0 spiro atoms. The van der Waals surface area contributed by atoms with Gasteiger partial charge in [-0.3, -0.25) is 0 Å². The van der Waals surface area contributed by atoms with Crippen LogP contribution in [-0.2, 0) is 0 Å². The molecular weight excluding hydrogens is 765 g/mol. The molecule has 0 aliphatic rings. The van der Waals surface area contributed by atoms with Crippen LogP contribution in [0, 0.1) is 13.8 Å². The summed E-state index contributed by atoms with van der Waals surface area (Å²) < 4.78 is 10.0. The van der Waals surface area contributed by atoms with Crippen LogP contribution in [-0.4, -0.2) is 8.75 Å². The van der Waals surface area contributed by atoms with E-state index in [1.54, 1.807) is 0 Å². The summed E-state index contributed by atoms with van der Waals surface area (Å²) in [6.07, 6.45) is 0. The van der Waals surface area contributed by atoms with Gasteiger partial charge in [0.05, 0.1) is 11.7 Å². The van der Waals surface area contributed by atoms with Crippen molar-refractivity contribution in [2.24, 2.45) is 0 Å². The Morgan fingerprint density at radius 2 is 0.636 bits per heavy atom. The molecule has 0 aliphatic heterocycles. The van der Waals surface area contributed by atoms with Gasteiger partial charge >= 0.3 is 0 Å². The Hall–Kier alpha value is -5.28. The van der Waals surface area contributed by atoms with E-state index < -0.39 is 0 Å². The maximum absolute atomic E-state index is 5.02. The van der Waals surface area contributed by atoms with E-state index in [1.807, 2.05) is 45.3 Å². The molecule has 0 atom stereocenters. The molecule has 0 fully saturated rings. The summed E-state index contributed by atoms with van der Waals surface area (Å²) >= 11 is 8.74. The third-order valence-corrected chi connectivity index (χ3v) is 15.4. The van der Waals surface area contributed by atoms with Gasteiger partial charge in [0.2, 0.25) is 0 Å². The Morgan fingerprint density at radius 3 is 1.00 bits per heavy atom. The first-order valence-electron chi connectivity index (χ1n) is 18.1. The van der Waals surface area contributed by atoms with Crippen molar-refractivity contribution in [2.75, 3.05) is 0 Å². The second-order valence-corrected chi connectivity index (χ2v) is 18.6. The van der Waals surface area contributed by atoms with Crippen LogP contribution in [0.25, 0.3) is 95.9 Å². The molecule has 0 bridgehead atoms. The van der Waals surface area contributed by atoms with Gasteiger partial charge in [0, 0.05) is 61.3 Å². The SMILES string of the molecule is Cc1sc(-c2cc(-c3ccccc3)c(-c3ccc(-c4sc(-c5cc(-c6ccccc6)c(C)s5)cc4-c4ccccc4)c4nsnc34)s2)cc1-c1ccccc1. The molecule has 10 rings (SSSR count). The first kappa shape index (κ1) is 34.2. The van der Waals surface area contributed by atoms with Crippen LogP contribution in [0.5, 0.6) is 0 Å². The molecule has 264 valence electrons. The maximum Gasteiger partial charge on any atom is 0.114 e. The number of fused-ring (bicyclic) bond motifs is 1. The topological polar surface area (TPSA) is 25.8 Å². The largest absolute Gasteiger partial charge is 0.172 e. The number of aromatic nitrogens is 2. The van der Waals surface area contributed by atoms with Gasteiger partial charge in [-0.15, -0.1) is 45.3 Å². The van der Waals surface area contributed by atoms with Crippen molar-refractivity contribution in [1.29, 1.82) is 0 Å². The van der Waals surface area contributed by atoms with Crippen molar-refractivity contribution in [3.63, 3.8) is 0 Å². The maximum atomic E-state index is 5.02. The third-order valence-electron chi connectivity index (χ3n) is 10.0. The number of aryl methyl sites for hydroxylation is 2. The van der Waals surface area contributed by atoms with E-state index in [2.05, 4.69) is 172 Å². The number of hydrogen-bond donors (Lipinski definition) is 0. The van der Waals surface area contributed by atoms with Crippen LogP contribution < -0.4 is 0 Å². The molecule has 5 aromatic heterocycles. The molecule has 0 saturated carbocycles. The highest BCUT2D eigenvalue weighted by Crippen LogP contribution is 2.51.